The lowest BCUT2D eigenvalue weighted by molar-refractivity contribution is 0.0189. The summed E-state index contributed by atoms with van der Waals surface area (Å²) in [6, 6.07) is 2.52. The normalized spacial score (nSPS) is 22.0. The van der Waals surface area contributed by atoms with Crippen molar-refractivity contribution < 1.29 is 19.7 Å². The number of rotatable bonds is 1. The molecule has 0 radical (unpaired) electrons. The number of allylic oxidation sites excluding steroid dienone is 3. The summed E-state index contributed by atoms with van der Waals surface area (Å²) in [6.45, 7) is 3.95. The molecule has 0 aromatic heterocycles. The molecule has 134 valence electrons. The molecule has 0 saturated heterocycles. The van der Waals surface area contributed by atoms with Gasteiger partial charge in [0, 0.05) is 24.6 Å². The Hall–Kier alpha value is -2.56. The van der Waals surface area contributed by atoms with Crippen molar-refractivity contribution in [3.63, 3.8) is 0 Å². The van der Waals surface area contributed by atoms with E-state index < -0.39 is 5.97 Å². The van der Waals surface area contributed by atoms with Crippen LogP contribution in [0.4, 0.5) is 0 Å². The van der Waals surface area contributed by atoms with Gasteiger partial charge in [0.25, 0.3) is 0 Å². The van der Waals surface area contributed by atoms with Gasteiger partial charge in [-0.2, -0.15) is 0 Å². The number of cyclic esters (lactones) is 1. The number of fused-ring (bicyclic) bond motifs is 1. The minimum atomic E-state index is -0.631. The van der Waals surface area contributed by atoms with Gasteiger partial charge in [0.05, 0.1) is 0 Å². The average Bonchev–Trinajstić information content (AvgIpc) is 2.51. The van der Waals surface area contributed by atoms with Gasteiger partial charge in [-0.15, -0.1) is 0 Å². The average molecular weight is 343 g/mol. The van der Waals surface area contributed by atoms with E-state index in [2.05, 4.69) is 0 Å². The summed E-state index contributed by atoms with van der Waals surface area (Å²) in [4.78, 5) is 12.7. The predicted molar refractivity (Wildman–Crippen MR) is 97.4 cm³/mol. The van der Waals surface area contributed by atoms with Crippen LogP contribution in [0.2, 0.25) is 0 Å². The minimum Gasteiger partial charge on any atom is -0.508 e. The second kappa shape index (κ2) is 8.51. The molecular weight excluding hydrogens is 318 g/mol. The predicted octanol–water partition coefficient (Wildman–Crippen LogP) is 4.14. The number of nitrogens with one attached hydrogen (secondary N) is 1. The standard InChI is InChI=1S/C20H25NO4/c1-13(2)18-9-7-5-3-4-6-8-15(21)10-14-11-16(22)12-17(23)19(14)20(24)25-18/h5-8,11-13,18,21-23H,3-4,9-10H2,1-2H3/b7-5+,8-6+,21-15?/t18-/m0/s1. The maximum atomic E-state index is 12.7. The monoisotopic (exact) mass is 343 g/mol. The molecule has 1 aromatic carbocycles. The van der Waals surface area contributed by atoms with Crippen LogP contribution < -0.4 is 0 Å². The third-order valence-corrected chi connectivity index (χ3v) is 4.13. The third-order valence-electron chi connectivity index (χ3n) is 4.13. The number of benzene rings is 1. The van der Waals surface area contributed by atoms with E-state index in [4.69, 9.17) is 10.1 Å². The molecule has 0 amide bonds. The van der Waals surface area contributed by atoms with Gasteiger partial charge in [0.15, 0.2) is 0 Å². The van der Waals surface area contributed by atoms with E-state index >= 15 is 0 Å². The van der Waals surface area contributed by atoms with Crippen molar-refractivity contribution in [3.05, 3.63) is 47.6 Å². The molecule has 0 aliphatic carbocycles. The van der Waals surface area contributed by atoms with Gasteiger partial charge in [-0.3, -0.25) is 0 Å². The third kappa shape index (κ3) is 5.21. The summed E-state index contributed by atoms with van der Waals surface area (Å²) >= 11 is 0. The molecule has 1 aliphatic heterocycles. The molecule has 5 nitrogen and oxygen atoms in total. The smallest absolute Gasteiger partial charge is 0.342 e. The molecule has 0 saturated carbocycles. The van der Waals surface area contributed by atoms with E-state index in [1.54, 1.807) is 6.08 Å². The van der Waals surface area contributed by atoms with Crippen molar-refractivity contribution in [2.24, 2.45) is 5.92 Å². The highest BCUT2D eigenvalue weighted by Crippen LogP contribution is 2.30. The van der Waals surface area contributed by atoms with Gasteiger partial charge in [-0.05, 0) is 36.5 Å². The van der Waals surface area contributed by atoms with Crippen molar-refractivity contribution in [1.82, 2.24) is 0 Å². The first-order chi connectivity index (χ1) is 11.9. The minimum absolute atomic E-state index is 0.0163. The molecule has 3 N–H and O–H groups in total. The number of carbonyl (C=O) groups excluding carboxylic acids is 1. The van der Waals surface area contributed by atoms with Crippen molar-refractivity contribution >= 4 is 11.7 Å². The van der Waals surface area contributed by atoms with Crippen molar-refractivity contribution in [2.45, 2.75) is 45.6 Å². The second-order valence-corrected chi connectivity index (χ2v) is 6.58. The number of hydrogen-bond donors (Lipinski definition) is 3. The van der Waals surface area contributed by atoms with Gasteiger partial charge in [-0.25, -0.2) is 4.79 Å². The van der Waals surface area contributed by atoms with E-state index in [0.29, 0.717) is 17.7 Å². The molecule has 0 fully saturated rings. The number of phenolic OH excluding ortho intramolecular Hbond substituents is 2. The van der Waals surface area contributed by atoms with Gasteiger partial charge >= 0.3 is 5.97 Å². The maximum Gasteiger partial charge on any atom is 0.342 e. The van der Waals surface area contributed by atoms with Crippen LogP contribution in [0.5, 0.6) is 11.5 Å². The Morgan fingerprint density at radius 2 is 1.88 bits per heavy atom. The molecule has 0 spiro atoms. The van der Waals surface area contributed by atoms with Crippen LogP contribution in [-0.4, -0.2) is 28.0 Å². The highest BCUT2D eigenvalue weighted by Gasteiger charge is 2.24. The first kappa shape index (κ1) is 18.8. The van der Waals surface area contributed by atoms with Crippen molar-refractivity contribution in [2.75, 3.05) is 0 Å². The van der Waals surface area contributed by atoms with Crippen LogP contribution in [0.25, 0.3) is 0 Å². The number of carbonyl (C=O) groups is 1. The molecule has 1 aliphatic rings. The topological polar surface area (TPSA) is 90.6 Å². The summed E-state index contributed by atoms with van der Waals surface area (Å²) in [5, 5.41) is 27.9. The van der Waals surface area contributed by atoms with Crippen molar-refractivity contribution in [3.8, 4) is 11.5 Å². The number of ether oxygens (including phenoxy) is 1. The van der Waals surface area contributed by atoms with E-state index in [-0.39, 0.29) is 35.5 Å². The Morgan fingerprint density at radius 1 is 1.16 bits per heavy atom. The zero-order valence-electron chi connectivity index (χ0n) is 14.7. The van der Waals surface area contributed by atoms with Crippen LogP contribution in [-0.2, 0) is 11.2 Å². The van der Waals surface area contributed by atoms with Gasteiger partial charge in [0.1, 0.15) is 23.2 Å². The Bertz CT molecular complexity index is 704. The molecule has 2 rings (SSSR count). The molecule has 5 heteroatoms. The zero-order valence-corrected chi connectivity index (χ0v) is 14.7. The molecule has 0 unspecified atom stereocenters. The Kier molecular flexibility index (Phi) is 6.39. The van der Waals surface area contributed by atoms with Crippen LogP contribution in [0.3, 0.4) is 0 Å². The van der Waals surface area contributed by atoms with Gasteiger partial charge < -0.3 is 20.4 Å². The lowest BCUT2D eigenvalue weighted by Gasteiger charge is -2.21. The van der Waals surface area contributed by atoms with Crippen LogP contribution in [0.1, 0.15) is 49.0 Å². The molecule has 1 aromatic rings. The quantitative estimate of drug-likeness (QED) is 0.528. The summed E-state index contributed by atoms with van der Waals surface area (Å²) in [5.74, 6) is -0.983. The first-order valence-corrected chi connectivity index (χ1v) is 8.53. The second-order valence-electron chi connectivity index (χ2n) is 6.58. The highest BCUT2D eigenvalue weighted by molar-refractivity contribution is 5.99. The molecular formula is C20H25NO4. The maximum absolute atomic E-state index is 12.7. The molecule has 25 heavy (non-hydrogen) atoms. The zero-order chi connectivity index (χ0) is 18.4. The fraction of sp³-hybridized carbons (Fsp3) is 0.400. The first-order valence-electron chi connectivity index (χ1n) is 8.53. The summed E-state index contributed by atoms with van der Waals surface area (Å²) in [7, 11) is 0. The fourth-order valence-electron chi connectivity index (χ4n) is 2.73. The van der Waals surface area contributed by atoms with Crippen LogP contribution >= 0.6 is 0 Å². The summed E-state index contributed by atoms with van der Waals surface area (Å²) in [6.07, 6.45) is 9.77. The lowest BCUT2D eigenvalue weighted by atomic mass is 9.99. The van der Waals surface area contributed by atoms with Crippen molar-refractivity contribution in [1.29, 1.82) is 5.41 Å². The largest absolute Gasteiger partial charge is 0.508 e. The SMILES string of the molecule is CC(C)[C@@H]1C/C=C/CC/C=C/C(=N)Cc2cc(O)cc(O)c2C(=O)O1. The molecule has 1 heterocycles. The Balaban J connectivity index is 2.43. The van der Waals surface area contributed by atoms with E-state index in [1.807, 2.05) is 32.1 Å². The van der Waals surface area contributed by atoms with Gasteiger partial charge in [0.2, 0.25) is 0 Å². The number of aromatic hydroxyl groups is 2. The Morgan fingerprint density at radius 3 is 2.60 bits per heavy atom. The van der Waals surface area contributed by atoms with Crippen LogP contribution in [0, 0.1) is 11.3 Å². The Labute approximate surface area is 148 Å². The summed E-state index contributed by atoms with van der Waals surface area (Å²) in [5.41, 5.74) is 0.690. The highest BCUT2D eigenvalue weighted by atomic mass is 16.5. The number of hydrogen-bond acceptors (Lipinski definition) is 5. The van der Waals surface area contributed by atoms with E-state index in [1.165, 1.54) is 6.07 Å². The fourth-order valence-corrected chi connectivity index (χ4v) is 2.73. The number of phenols is 2. The van der Waals surface area contributed by atoms with E-state index in [0.717, 1.165) is 18.9 Å². The van der Waals surface area contributed by atoms with Crippen LogP contribution in [0.15, 0.2) is 36.4 Å². The lowest BCUT2D eigenvalue weighted by Crippen LogP contribution is -2.24. The van der Waals surface area contributed by atoms with E-state index in [9.17, 15) is 15.0 Å². The molecule has 0 bridgehead atoms. The number of esters is 1. The molecule has 1 atom stereocenters. The summed E-state index contributed by atoms with van der Waals surface area (Å²) < 4.78 is 5.62. The van der Waals surface area contributed by atoms with Gasteiger partial charge in [-0.1, -0.05) is 32.1 Å².